The summed E-state index contributed by atoms with van der Waals surface area (Å²) < 4.78 is 31.5. The fraction of sp³-hybridized carbons (Fsp3) is 0.500. The van der Waals surface area contributed by atoms with E-state index >= 15 is 0 Å². The normalized spacial score (nSPS) is 26.1. The molecule has 1 fully saturated rings. The van der Waals surface area contributed by atoms with Crippen LogP contribution in [0.3, 0.4) is 0 Å². The van der Waals surface area contributed by atoms with Crippen molar-refractivity contribution in [2.45, 2.75) is 25.5 Å². The minimum absolute atomic E-state index is 0.180. The van der Waals surface area contributed by atoms with Crippen LogP contribution in [0.25, 0.3) is 0 Å². The molecule has 3 nitrogen and oxygen atoms in total. The van der Waals surface area contributed by atoms with E-state index in [9.17, 15) is 8.78 Å². The van der Waals surface area contributed by atoms with Crippen molar-refractivity contribution < 1.29 is 13.5 Å². The number of hydrogen-bond acceptors (Lipinski definition) is 3. The van der Waals surface area contributed by atoms with E-state index in [1.165, 1.54) is 6.07 Å². The van der Waals surface area contributed by atoms with Gasteiger partial charge in [-0.2, -0.15) is 0 Å². The first kappa shape index (κ1) is 12.4. The van der Waals surface area contributed by atoms with Crippen LogP contribution in [-0.4, -0.2) is 12.7 Å². The van der Waals surface area contributed by atoms with E-state index in [0.29, 0.717) is 12.2 Å². The molecule has 3 unspecified atom stereocenters. The average Bonchev–Trinajstić information content (AvgIpc) is 2.71. The summed E-state index contributed by atoms with van der Waals surface area (Å²) in [5, 5.41) is 0. The Balaban J connectivity index is 2.20. The Labute approximate surface area is 98.9 Å². The zero-order valence-electron chi connectivity index (χ0n) is 9.62. The maximum absolute atomic E-state index is 13.2. The first-order valence-corrected chi connectivity index (χ1v) is 5.64. The third-order valence-corrected chi connectivity index (χ3v) is 3.18. The van der Waals surface area contributed by atoms with Gasteiger partial charge in [0, 0.05) is 5.92 Å². The number of hydrogen-bond donors (Lipinski definition) is 2. The molecule has 0 aliphatic carbocycles. The lowest BCUT2D eigenvalue weighted by Crippen LogP contribution is -2.34. The molecular weight excluding hydrogens is 226 g/mol. The van der Waals surface area contributed by atoms with E-state index in [2.05, 4.69) is 5.43 Å². The lowest BCUT2D eigenvalue weighted by atomic mass is 9.91. The van der Waals surface area contributed by atoms with Crippen LogP contribution in [0.2, 0.25) is 0 Å². The van der Waals surface area contributed by atoms with Crippen molar-refractivity contribution in [1.29, 1.82) is 0 Å². The van der Waals surface area contributed by atoms with Gasteiger partial charge in [-0.3, -0.25) is 11.3 Å². The number of rotatable bonds is 3. The second kappa shape index (κ2) is 5.08. The van der Waals surface area contributed by atoms with Gasteiger partial charge >= 0.3 is 0 Å². The Morgan fingerprint density at radius 3 is 2.71 bits per heavy atom. The molecule has 1 aliphatic rings. The molecule has 1 heterocycles. The largest absolute Gasteiger partial charge is 0.378 e. The zero-order valence-corrected chi connectivity index (χ0v) is 9.62. The van der Waals surface area contributed by atoms with E-state index in [0.717, 1.165) is 12.5 Å². The minimum Gasteiger partial charge on any atom is -0.378 e. The van der Waals surface area contributed by atoms with Crippen molar-refractivity contribution >= 4 is 0 Å². The highest BCUT2D eigenvalue weighted by molar-refractivity contribution is 5.22. The molecule has 5 heteroatoms. The Hall–Kier alpha value is -1.04. The molecule has 0 radical (unpaired) electrons. The number of halogens is 2. The van der Waals surface area contributed by atoms with Gasteiger partial charge in [0.15, 0.2) is 11.6 Å². The predicted octanol–water partition coefficient (Wildman–Crippen LogP) is 1.89. The lowest BCUT2D eigenvalue weighted by molar-refractivity contribution is 0.117. The molecule has 3 N–H and O–H groups in total. The molecule has 0 amide bonds. The average molecular weight is 242 g/mol. The summed E-state index contributed by atoms with van der Waals surface area (Å²) >= 11 is 0. The van der Waals surface area contributed by atoms with Crippen LogP contribution in [0.5, 0.6) is 0 Å². The fourth-order valence-corrected chi connectivity index (χ4v) is 2.29. The van der Waals surface area contributed by atoms with Gasteiger partial charge in [0.1, 0.15) is 0 Å². The first-order chi connectivity index (χ1) is 8.11. The van der Waals surface area contributed by atoms with Crippen LogP contribution in [0.1, 0.15) is 24.9 Å². The highest BCUT2D eigenvalue weighted by Crippen LogP contribution is 2.31. The summed E-state index contributed by atoms with van der Waals surface area (Å²) in [7, 11) is 0. The molecular formula is C12H16F2N2O. The molecule has 94 valence electrons. The van der Waals surface area contributed by atoms with Gasteiger partial charge in [-0.1, -0.05) is 6.07 Å². The van der Waals surface area contributed by atoms with Gasteiger partial charge in [-0.05, 0) is 31.0 Å². The Bertz CT molecular complexity index is 400. The van der Waals surface area contributed by atoms with Crippen LogP contribution < -0.4 is 11.3 Å². The Kier molecular flexibility index (Phi) is 3.71. The maximum atomic E-state index is 13.2. The van der Waals surface area contributed by atoms with Crippen molar-refractivity contribution in [3.63, 3.8) is 0 Å². The third-order valence-electron chi connectivity index (χ3n) is 3.18. The topological polar surface area (TPSA) is 47.3 Å². The molecule has 0 aromatic heterocycles. The van der Waals surface area contributed by atoms with Gasteiger partial charge in [-0.25, -0.2) is 8.78 Å². The molecule has 1 aliphatic heterocycles. The molecule has 3 atom stereocenters. The van der Waals surface area contributed by atoms with Crippen LogP contribution >= 0.6 is 0 Å². The van der Waals surface area contributed by atoms with Crippen LogP contribution in [0.15, 0.2) is 18.2 Å². The molecule has 0 saturated carbocycles. The number of hydrazine groups is 1. The van der Waals surface area contributed by atoms with Gasteiger partial charge in [0.05, 0.1) is 18.8 Å². The molecule has 2 rings (SSSR count). The van der Waals surface area contributed by atoms with Gasteiger partial charge in [-0.15, -0.1) is 0 Å². The quantitative estimate of drug-likeness (QED) is 0.628. The summed E-state index contributed by atoms with van der Waals surface area (Å²) in [4.78, 5) is 0. The zero-order chi connectivity index (χ0) is 12.4. The summed E-state index contributed by atoms with van der Waals surface area (Å²) in [6.07, 6.45) is 1.04. The number of nitrogens with two attached hydrogens (primary N) is 1. The van der Waals surface area contributed by atoms with Gasteiger partial charge < -0.3 is 4.74 Å². The summed E-state index contributed by atoms with van der Waals surface area (Å²) in [6, 6.07) is 3.64. The number of ether oxygens (including phenoxy) is 1. The Morgan fingerprint density at radius 2 is 2.18 bits per heavy atom. The SMILES string of the molecule is CC1CC(C(NN)c2ccc(F)c(F)c2)CO1. The van der Waals surface area contributed by atoms with Crippen molar-refractivity contribution in [2.24, 2.45) is 11.8 Å². The molecule has 0 spiro atoms. The predicted molar refractivity (Wildman–Crippen MR) is 59.9 cm³/mol. The molecule has 0 bridgehead atoms. The van der Waals surface area contributed by atoms with Crippen molar-refractivity contribution in [3.8, 4) is 0 Å². The second-order valence-corrected chi connectivity index (χ2v) is 4.46. The highest BCUT2D eigenvalue weighted by Gasteiger charge is 2.30. The molecule has 1 saturated heterocycles. The van der Waals surface area contributed by atoms with Crippen LogP contribution in [-0.2, 0) is 4.74 Å². The van der Waals surface area contributed by atoms with Gasteiger partial charge in [0.2, 0.25) is 0 Å². The van der Waals surface area contributed by atoms with E-state index in [-0.39, 0.29) is 18.1 Å². The molecule has 17 heavy (non-hydrogen) atoms. The van der Waals surface area contributed by atoms with E-state index in [4.69, 9.17) is 10.6 Å². The summed E-state index contributed by atoms with van der Waals surface area (Å²) in [5.74, 6) is 3.98. The van der Waals surface area contributed by atoms with Crippen molar-refractivity contribution in [1.82, 2.24) is 5.43 Å². The van der Waals surface area contributed by atoms with E-state index in [1.807, 2.05) is 6.92 Å². The molecule has 1 aromatic rings. The standard InChI is InChI=1S/C12H16F2N2O/c1-7-4-9(6-17-7)12(16-15)8-2-3-10(13)11(14)5-8/h2-3,5,7,9,12,16H,4,6,15H2,1H3. The summed E-state index contributed by atoms with van der Waals surface area (Å²) in [6.45, 7) is 2.56. The lowest BCUT2D eigenvalue weighted by Gasteiger charge is -2.22. The smallest absolute Gasteiger partial charge is 0.159 e. The van der Waals surface area contributed by atoms with Gasteiger partial charge in [0.25, 0.3) is 0 Å². The second-order valence-electron chi connectivity index (χ2n) is 4.46. The summed E-state index contributed by atoms with van der Waals surface area (Å²) in [5.41, 5.74) is 3.31. The first-order valence-electron chi connectivity index (χ1n) is 5.64. The number of benzene rings is 1. The monoisotopic (exact) mass is 242 g/mol. The van der Waals surface area contributed by atoms with E-state index in [1.54, 1.807) is 6.07 Å². The third kappa shape index (κ3) is 2.62. The van der Waals surface area contributed by atoms with E-state index < -0.39 is 11.6 Å². The van der Waals surface area contributed by atoms with Crippen molar-refractivity contribution in [2.75, 3.05) is 6.61 Å². The number of nitrogens with one attached hydrogen (secondary N) is 1. The minimum atomic E-state index is -0.852. The Morgan fingerprint density at radius 1 is 1.41 bits per heavy atom. The highest BCUT2D eigenvalue weighted by atomic mass is 19.2. The van der Waals surface area contributed by atoms with Crippen LogP contribution in [0, 0.1) is 17.6 Å². The molecule has 1 aromatic carbocycles. The van der Waals surface area contributed by atoms with Crippen LogP contribution in [0.4, 0.5) is 8.78 Å². The van der Waals surface area contributed by atoms with Crippen molar-refractivity contribution in [3.05, 3.63) is 35.4 Å². The maximum Gasteiger partial charge on any atom is 0.159 e. The fourth-order valence-electron chi connectivity index (χ4n) is 2.29.